The van der Waals surface area contributed by atoms with Crippen molar-refractivity contribution in [3.8, 4) is 0 Å². The number of rotatable bonds is 1. The number of aliphatic hydroxyl groups is 1. The predicted molar refractivity (Wildman–Crippen MR) is 64.1 cm³/mol. The number of aliphatic hydroxyl groups excluding tert-OH is 1. The van der Waals surface area contributed by atoms with E-state index in [9.17, 15) is 5.11 Å². The topological polar surface area (TPSA) is 46.2 Å². The minimum Gasteiger partial charge on any atom is -0.393 e. The molecule has 1 heterocycles. The monoisotopic (exact) mass is 225 g/mol. The molecule has 0 unspecified atom stereocenters. The molecule has 84 valence electrons. The minimum atomic E-state index is -0.186. The molecule has 0 atom stereocenters. The molecular formula is C12H19NOS. The first-order chi connectivity index (χ1) is 7.01. The second kappa shape index (κ2) is 3.89. The van der Waals surface area contributed by atoms with Crippen molar-refractivity contribution in [2.75, 3.05) is 0 Å². The molecular weight excluding hydrogens is 206 g/mol. The van der Waals surface area contributed by atoms with Gasteiger partial charge in [-0.2, -0.15) is 0 Å². The summed E-state index contributed by atoms with van der Waals surface area (Å²) in [5.74, 6) is 0. The summed E-state index contributed by atoms with van der Waals surface area (Å²) >= 11 is 1.82. The van der Waals surface area contributed by atoms with Gasteiger partial charge in [0.15, 0.2) is 0 Å². The van der Waals surface area contributed by atoms with Gasteiger partial charge in [-0.1, -0.05) is 0 Å². The Labute approximate surface area is 95.1 Å². The Hall–Kier alpha value is -0.380. The lowest BCUT2D eigenvalue weighted by molar-refractivity contribution is 0.0968. The van der Waals surface area contributed by atoms with Gasteiger partial charge in [0.25, 0.3) is 0 Å². The second-order valence-electron chi connectivity index (χ2n) is 4.71. The molecule has 1 saturated carbocycles. The highest BCUT2D eigenvalue weighted by Gasteiger charge is 2.34. The van der Waals surface area contributed by atoms with E-state index in [4.69, 9.17) is 5.73 Å². The van der Waals surface area contributed by atoms with Crippen LogP contribution >= 0.6 is 11.3 Å². The summed E-state index contributed by atoms with van der Waals surface area (Å²) in [6, 6.07) is 2.22. The molecule has 2 rings (SSSR count). The van der Waals surface area contributed by atoms with E-state index >= 15 is 0 Å². The van der Waals surface area contributed by atoms with Crippen LogP contribution in [0.25, 0.3) is 0 Å². The maximum Gasteiger partial charge on any atom is 0.0541 e. The van der Waals surface area contributed by atoms with Gasteiger partial charge in [0.05, 0.1) is 6.10 Å². The van der Waals surface area contributed by atoms with E-state index in [1.165, 1.54) is 15.3 Å². The van der Waals surface area contributed by atoms with Crippen LogP contribution in [-0.4, -0.2) is 11.2 Å². The van der Waals surface area contributed by atoms with E-state index in [0.717, 1.165) is 25.7 Å². The third kappa shape index (κ3) is 2.10. The van der Waals surface area contributed by atoms with E-state index in [2.05, 4.69) is 19.9 Å². The van der Waals surface area contributed by atoms with Crippen LogP contribution in [0, 0.1) is 13.8 Å². The molecule has 1 aliphatic carbocycles. The molecule has 3 N–H and O–H groups in total. The van der Waals surface area contributed by atoms with Crippen LogP contribution in [0.3, 0.4) is 0 Å². The van der Waals surface area contributed by atoms with Crippen LogP contribution < -0.4 is 5.73 Å². The van der Waals surface area contributed by atoms with E-state index in [1.54, 1.807) is 0 Å². The highest BCUT2D eigenvalue weighted by molar-refractivity contribution is 7.12. The van der Waals surface area contributed by atoms with E-state index in [-0.39, 0.29) is 11.6 Å². The Bertz CT molecular complexity index is 351. The summed E-state index contributed by atoms with van der Waals surface area (Å²) < 4.78 is 0. The number of aryl methyl sites for hydroxylation is 2. The molecule has 0 amide bonds. The van der Waals surface area contributed by atoms with Crippen molar-refractivity contribution in [3.63, 3.8) is 0 Å². The molecule has 2 nitrogen and oxygen atoms in total. The van der Waals surface area contributed by atoms with Crippen LogP contribution in [0.15, 0.2) is 6.07 Å². The van der Waals surface area contributed by atoms with E-state index < -0.39 is 0 Å². The van der Waals surface area contributed by atoms with Gasteiger partial charge in [-0.05, 0) is 51.2 Å². The summed E-state index contributed by atoms with van der Waals surface area (Å²) in [5.41, 5.74) is 7.57. The third-order valence-corrected chi connectivity index (χ3v) is 4.39. The molecule has 1 aromatic rings. The van der Waals surface area contributed by atoms with Crippen molar-refractivity contribution in [1.29, 1.82) is 0 Å². The standard InChI is InChI=1S/C12H19NOS/c1-8-7-11(9(2)15-8)12(13)5-3-10(14)4-6-12/h7,10,14H,3-6,13H2,1-2H3. The van der Waals surface area contributed by atoms with Gasteiger partial charge in [-0.3, -0.25) is 0 Å². The predicted octanol–water partition coefficient (Wildman–Crippen LogP) is 2.45. The van der Waals surface area contributed by atoms with E-state index in [1.807, 2.05) is 11.3 Å². The lowest BCUT2D eigenvalue weighted by atomic mass is 9.76. The van der Waals surface area contributed by atoms with Crippen molar-refractivity contribution in [2.24, 2.45) is 5.73 Å². The van der Waals surface area contributed by atoms with Gasteiger partial charge in [0.1, 0.15) is 0 Å². The normalized spacial score (nSPS) is 31.9. The zero-order valence-corrected chi connectivity index (χ0v) is 10.2. The summed E-state index contributed by atoms with van der Waals surface area (Å²) in [4.78, 5) is 2.67. The fourth-order valence-electron chi connectivity index (χ4n) is 2.51. The summed E-state index contributed by atoms with van der Waals surface area (Å²) in [5, 5.41) is 9.51. The number of thiophene rings is 1. The van der Waals surface area contributed by atoms with Gasteiger partial charge in [0, 0.05) is 15.3 Å². The lowest BCUT2D eigenvalue weighted by Crippen LogP contribution is -2.41. The molecule has 3 heteroatoms. The van der Waals surface area contributed by atoms with Crippen molar-refractivity contribution >= 4 is 11.3 Å². The Morgan fingerprint density at radius 2 is 2.00 bits per heavy atom. The largest absolute Gasteiger partial charge is 0.393 e. The average molecular weight is 225 g/mol. The first-order valence-corrected chi connectivity index (χ1v) is 6.37. The number of hydrogen-bond donors (Lipinski definition) is 2. The maximum atomic E-state index is 9.51. The summed E-state index contributed by atoms with van der Waals surface area (Å²) in [7, 11) is 0. The van der Waals surface area contributed by atoms with Crippen LogP contribution in [0.4, 0.5) is 0 Å². The Morgan fingerprint density at radius 1 is 1.40 bits per heavy atom. The van der Waals surface area contributed by atoms with Gasteiger partial charge >= 0.3 is 0 Å². The molecule has 0 aliphatic heterocycles. The highest BCUT2D eigenvalue weighted by atomic mass is 32.1. The molecule has 0 bridgehead atoms. The van der Waals surface area contributed by atoms with Crippen LogP contribution in [0.5, 0.6) is 0 Å². The molecule has 1 aliphatic rings. The number of nitrogens with two attached hydrogens (primary N) is 1. The zero-order chi connectivity index (χ0) is 11.1. The maximum absolute atomic E-state index is 9.51. The smallest absolute Gasteiger partial charge is 0.0541 e. The molecule has 0 saturated heterocycles. The van der Waals surface area contributed by atoms with Crippen molar-refractivity contribution < 1.29 is 5.11 Å². The van der Waals surface area contributed by atoms with Crippen molar-refractivity contribution in [2.45, 2.75) is 51.2 Å². The van der Waals surface area contributed by atoms with Crippen LogP contribution in [0.1, 0.15) is 41.0 Å². The Morgan fingerprint density at radius 3 is 2.47 bits per heavy atom. The van der Waals surface area contributed by atoms with Crippen LogP contribution in [0.2, 0.25) is 0 Å². The minimum absolute atomic E-state index is 0.137. The van der Waals surface area contributed by atoms with Gasteiger partial charge in [-0.15, -0.1) is 11.3 Å². The molecule has 0 aromatic carbocycles. The quantitative estimate of drug-likeness (QED) is 0.771. The Balaban J connectivity index is 2.25. The molecule has 1 aromatic heterocycles. The van der Waals surface area contributed by atoms with Gasteiger partial charge in [0.2, 0.25) is 0 Å². The molecule has 15 heavy (non-hydrogen) atoms. The van der Waals surface area contributed by atoms with Crippen LogP contribution in [-0.2, 0) is 5.54 Å². The fraction of sp³-hybridized carbons (Fsp3) is 0.667. The van der Waals surface area contributed by atoms with Gasteiger partial charge < -0.3 is 10.8 Å². The zero-order valence-electron chi connectivity index (χ0n) is 9.42. The molecule has 0 spiro atoms. The second-order valence-corrected chi connectivity index (χ2v) is 6.17. The van der Waals surface area contributed by atoms with Crippen molar-refractivity contribution in [1.82, 2.24) is 0 Å². The first kappa shape index (κ1) is 11.1. The highest BCUT2D eigenvalue weighted by Crippen LogP contribution is 2.39. The third-order valence-electron chi connectivity index (χ3n) is 3.42. The summed E-state index contributed by atoms with van der Waals surface area (Å²) in [6.45, 7) is 4.27. The summed E-state index contributed by atoms with van der Waals surface area (Å²) in [6.07, 6.45) is 3.35. The average Bonchev–Trinajstić information content (AvgIpc) is 2.52. The number of hydrogen-bond acceptors (Lipinski definition) is 3. The fourth-order valence-corrected chi connectivity index (χ4v) is 3.54. The molecule has 1 fully saturated rings. The molecule has 0 radical (unpaired) electrons. The van der Waals surface area contributed by atoms with E-state index in [0.29, 0.717) is 0 Å². The SMILES string of the molecule is Cc1cc(C2(N)CCC(O)CC2)c(C)s1. The van der Waals surface area contributed by atoms with Crippen molar-refractivity contribution in [3.05, 3.63) is 21.4 Å². The Kier molecular flexibility index (Phi) is 2.88. The van der Waals surface area contributed by atoms with Gasteiger partial charge in [-0.25, -0.2) is 0 Å². The lowest BCUT2D eigenvalue weighted by Gasteiger charge is -2.35. The first-order valence-electron chi connectivity index (χ1n) is 5.56.